The summed E-state index contributed by atoms with van der Waals surface area (Å²) in [6.07, 6.45) is 6.05. The van der Waals surface area contributed by atoms with Crippen LogP contribution in [0.4, 0.5) is 8.78 Å². The zero-order valence-electron chi connectivity index (χ0n) is 11.6. The minimum Gasteiger partial charge on any atom is -0.375 e. The summed E-state index contributed by atoms with van der Waals surface area (Å²) in [4.78, 5) is 0. The molecule has 1 aromatic rings. The van der Waals surface area contributed by atoms with Crippen LogP contribution in [0.15, 0.2) is 18.2 Å². The maximum Gasteiger partial charge on any atom is 0.130 e. The van der Waals surface area contributed by atoms with E-state index in [1.54, 1.807) is 0 Å². The van der Waals surface area contributed by atoms with Crippen LogP contribution < -0.4 is 5.73 Å². The molecule has 1 aliphatic carbocycles. The highest BCUT2D eigenvalue weighted by molar-refractivity contribution is 5.24. The fraction of sp³-hybridized carbons (Fsp3) is 0.625. The van der Waals surface area contributed by atoms with Crippen molar-refractivity contribution in [2.75, 3.05) is 6.61 Å². The van der Waals surface area contributed by atoms with Gasteiger partial charge in [-0.05, 0) is 43.7 Å². The van der Waals surface area contributed by atoms with Crippen LogP contribution in [0.1, 0.15) is 50.1 Å². The predicted molar refractivity (Wildman–Crippen MR) is 73.2 cm³/mol. The molecule has 0 amide bonds. The number of benzene rings is 1. The highest BCUT2D eigenvalue weighted by Gasteiger charge is 2.42. The smallest absolute Gasteiger partial charge is 0.130 e. The molecule has 2 N–H and O–H groups in total. The molecule has 3 rings (SSSR count). The molecule has 0 aromatic heterocycles. The summed E-state index contributed by atoms with van der Waals surface area (Å²) in [7, 11) is 0. The number of rotatable bonds is 2. The van der Waals surface area contributed by atoms with Crippen LogP contribution in [0, 0.1) is 17.6 Å². The van der Waals surface area contributed by atoms with E-state index >= 15 is 0 Å². The van der Waals surface area contributed by atoms with Gasteiger partial charge < -0.3 is 10.5 Å². The Morgan fingerprint density at radius 2 is 1.85 bits per heavy atom. The summed E-state index contributed by atoms with van der Waals surface area (Å²) in [5, 5.41) is 0. The van der Waals surface area contributed by atoms with Crippen molar-refractivity contribution in [3.8, 4) is 0 Å². The summed E-state index contributed by atoms with van der Waals surface area (Å²) in [6, 6.07) is 3.35. The van der Waals surface area contributed by atoms with E-state index in [2.05, 4.69) is 0 Å². The highest BCUT2D eigenvalue weighted by Crippen LogP contribution is 2.45. The minimum atomic E-state index is -0.586. The lowest BCUT2D eigenvalue weighted by molar-refractivity contribution is -0.0966. The lowest BCUT2D eigenvalue weighted by atomic mass is 9.78. The Bertz CT molecular complexity index is 465. The number of hydrogen-bond donors (Lipinski definition) is 1. The molecule has 0 bridgehead atoms. The Kier molecular flexibility index (Phi) is 3.78. The monoisotopic (exact) mass is 281 g/mol. The Labute approximate surface area is 118 Å². The molecule has 0 radical (unpaired) electrons. The van der Waals surface area contributed by atoms with Gasteiger partial charge in [-0.25, -0.2) is 8.78 Å². The van der Waals surface area contributed by atoms with Crippen LogP contribution in [0.3, 0.4) is 0 Å². The Balaban J connectivity index is 1.81. The third-order valence-electron chi connectivity index (χ3n) is 4.89. The van der Waals surface area contributed by atoms with E-state index in [0.717, 1.165) is 25.7 Å². The third kappa shape index (κ3) is 2.47. The molecule has 1 saturated carbocycles. The van der Waals surface area contributed by atoms with Gasteiger partial charge in [0.25, 0.3) is 0 Å². The van der Waals surface area contributed by atoms with E-state index in [1.165, 1.54) is 31.0 Å². The van der Waals surface area contributed by atoms with E-state index in [-0.39, 0.29) is 17.1 Å². The van der Waals surface area contributed by atoms with Gasteiger partial charge in [0.15, 0.2) is 0 Å². The molecular weight excluding hydrogens is 260 g/mol. The lowest BCUT2D eigenvalue weighted by Gasteiger charge is -2.40. The maximum atomic E-state index is 13.9. The molecule has 2 fully saturated rings. The first-order valence-corrected chi connectivity index (χ1v) is 7.45. The second-order valence-electron chi connectivity index (χ2n) is 6.15. The lowest BCUT2D eigenvalue weighted by Crippen LogP contribution is -2.41. The molecule has 4 heteroatoms. The molecule has 1 aliphatic heterocycles. The van der Waals surface area contributed by atoms with Gasteiger partial charge in [-0.15, -0.1) is 0 Å². The van der Waals surface area contributed by atoms with Crippen LogP contribution in [-0.4, -0.2) is 12.2 Å². The van der Waals surface area contributed by atoms with E-state index in [9.17, 15) is 8.78 Å². The minimum absolute atomic E-state index is 0.0348. The molecule has 1 spiro atoms. The fourth-order valence-corrected chi connectivity index (χ4v) is 3.80. The Morgan fingerprint density at radius 3 is 2.50 bits per heavy atom. The second-order valence-corrected chi connectivity index (χ2v) is 6.15. The largest absolute Gasteiger partial charge is 0.375 e. The summed E-state index contributed by atoms with van der Waals surface area (Å²) in [5.41, 5.74) is 6.14. The quantitative estimate of drug-likeness (QED) is 0.897. The van der Waals surface area contributed by atoms with Gasteiger partial charge in [0.1, 0.15) is 11.6 Å². The number of nitrogens with two attached hydrogens (primary N) is 1. The Hall–Kier alpha value is -1.00. The standard InChI is InChI=1S/C16H21F2NO/c17-12-4-3-5-13(18)14(12)15(19)11-6-9-20-16(10-11)7-1-2-8-16/h3-5,11,15H,1-2,6-10,19H2. The molecule has 2 nitrogen and oxygen atoms in total. The van der Waals surface area contributed by atoms with Crippen molar-refractivity contribution in [1.82, 2.24) is 0 Å². The van der Waals surface area contributed by atoms with Gasteiger partial charge in [0, 0.05) is 18.2 Å². The van der Waals surface area contributed by atoms with Crippen LogP contribution in [-0.2, 0) is 4.74 Å². The number of hydrogen-bond acceptors (Lipinski definition) is 2. The predicted octanol–water partition coefficient (Wildman–Crippen LogP) is 3.70. The first-order valence-electron chi connectivity index (χ1n) is 7.45. The highest BCUT2D eigenvalue weighted by atomic mass is 19.1. The molecule has 110 valence electrons. The zero-order chi connectivity index (χ0) is 14.2. The number of ether oxygens (including phenoxy) is 1. The van der Waals surface area contributed by atoms with E-state index in [4.69, 9.17) is 10.5 Å². The molecular formula is C16H21F2NO. The van der Waals surface area contributed by atoms with Crippen molar-refractivity contribution < 1.29 is 13.5 Å². The Morgan fingerprint density at radius 1 is 1.20 bits per heavy atom. The van der Waals surface area contributed by atoms with Gasteiger partial charge in [-0.3, -0.25) is 0 Å². The van der Waals surface area contributed by atoms with Crippen molar-refractivity contribution in [1.29, 1.82) is 0 Å². The molecule has 1 saturated heterocycles. The molecule has 2 unspecified atom stereocenters. The van der Waals surface area contributed by atoms with Gasteiger partial charge >= 0.3 is 0 Å². The SMILES string of the molecule is NC(c1c(F)cccc1F)C1CCOC2(CCCC2)C1. The summed E-state index contributed by atoms with van der Waals surface area (Å²) < 4.78 is 33.7. The fourth-order valence-electron chi connectivity index (χ4n) is 3.80. The average Bonchev–Trinajstić information content (AvgIpc) is 2.86. The van der Waals surface area contributed by atoms with Crippen molar-refractivity contribution in [3.63, 3.8) is 0 Å². The van der Waals surface area contributed by atoms with Crippen molar-refractivity contribution in [2.24, 2.45) is 11.7 Å². The van der Waals surface area contributed by atoms with Crippen molar-refractivity contribution >= 4 is 0 Å². The van der Waals surface area contributed by atoms with E-state index < -0.39 is 17.7 Å². The average molecular weight is 281 g/mol. The van der Waals surface area contributed by atoms with E-state index in [1.807, 2.05) is 0 Å². The van der Waals surface area contributed by atoms with Crippen molar-refractivity contribution in [2.45, 2.75) is 50.2 Å². The molecule has 20 heavy (non-hydrogen) atoms. The van der Waals surface area contributed by atoms with Gasteiger partial charge in [0.05, 0.1) is 5.60 Å². The zero-order valence-corrected chi connectivity index (χ0v) is 11.6. The second kappa shape index (κ2) is 5.41. The molecule has 2 aliphatic rings. The first kappa shape index (κ1) is 14.0. The van der Waals surface area contributed by atoms with Crippen LogP contribution in [0.5, 0.6) is 0 Å². The normalized spacial score (nSPS) is 26.9. The van der Waals surface area contributed by atoms with Crippen LogP contribution >= 0.6 is 0 Å². The summed E-state index contributed by atoms with van der Waals surface area (Å²) >= 11 is 0. The topological polar surface area (TPSA) is 35.2 Å². The third-order valence-corrected chi connectivity index (χ3v) is 4.89. The maximum absolute atomic E-state index is 13.9. The summed E-state index contributed by atoms with van der Waals surface area (Å²) in [6.45, 7) is 0.647. The van der Waals surface area contributed by atoms with Crippen LogP contribution in [0.25, 0.3) is 0 Å². The molecule has 1 aromatic carbocycles. The molecule has 2 atom stereocenters. The van der Waals surface area contributed by atoms with Crippen molar-refractivity contribution in [3.05, 3.63) is 35.4 Å². The van der Waals surface area contributed by atoms with Crippen LogP contribution in [0.2, 0.25) is 0 Å². The summed E-state index contributed by atoms with van der Waals surface area (Å²) in [5.74, 6) is -0.984. The van der Waals surface area contributed by atoms with Gasteiger partial charge in [-0.1, -0.05) is 18.9 Å². The van der Waals surface area contributed by atoms with Gasteiger partial charge in [-0.2, -0.15) is 0 Å². The first-order chi connectivity index (χ1) is 9.61. The van der Waals surface area contributed by atoms with E-state index in [0.29, 0.717) is 6.61 Å². The van der Waals surface area contributed by atoms with Gasteiger partial charge in [0.2, 0.25) is 0 Å². The number of halogens is 2. The molecule has 1 heterocycles.